The number of hydrogen-bond acceptors (Lipinski definition) is 4. The molecule has 2 aromatic rings. The van der Waals surface area contributed by atoms with Crippen molar-refractivity contribution < 1.29 is 8.42 Å². The van der Waals surface area contributed by atoms with Gasteiger partial charge in [-0.1, -0.05) is 29.5 Å². The normalized spacial score (nSPS) is 10.6. The van der Waals surface area contributed by atoms with Crippen LogP contribution >= 0.6 is 0 Å². The fourth-order valence-electron chi connectivity index (χ4n) is 1.62. The van der Waals surface area contributed by atoms with E-state index in [9.17, 15) is 8.42 Å². The Morgan fingerprint density at radius 1 is 1.24 bits per heavy atom. The number of sulfonamides is 1. The van der Waals surface area contributed by atoms with Crippen molar-refractivity contribution in [2.24, 2.45) is 5.73 Å². The number of nitrogens with two attached hydrogens (primary N) is 1. The molecule has 3 N–H and O–H groups in total. The van der Waals surface area contributed by atoms with Crippen molar-refractivity contribution >= 4 is 15.7 Å². The summed E-state index contributed by atoms with van der Waals surface area (Å²) in [7, 11) is -3.69. The number of pyridine rings is 1. The maximum absolute atomic E-state index is 12.3. The van der Waals surface area contributed by atoms with Gasteiger partial charge in [0, 0.05) is 23.6 Å². The van der Waals surface area contributed by atoms with Gasteiger partial charge in [0.05, 0.1) is 6.54 Å². The highest BCUT2D eigenvalue weighted by Gasteiger charge is 2.14. The van der Waals surface area contributed by atoms with Gasteiger partial charge in [0.15, 0.2) is 0 Å². The van der Waals surface area contributed by atoms with E-state index in [4.69, 9.17) is 5.73 Å². The third-order valence-electron chi connectivity index (χ3n) is 2.66. The molecule has 0 unspecified atom stereocenters. The van der Waals surface area contributed by atoms with E-state index in [1.54, 1.807) is 12.1 Å². The maximum Gasteiger partial charge on any atom is 0.263 e. The van der Waals surface area contributed by atoms with Gasteiger partial charge in [0.25, 0.3) is 10.0 Å². The highest BCUT2D eigenvalue weighted by Crippen LogP contribution is 2.16. The van der Waals surface area contributed by atoms with Gasteiger partial charge in [-0.2, -0.15) is 0 Å². The molecule has 0 aliphatic rings. The zero-order chi connectivity index (χ0) is 15.3. The Morgan fingerprint density at radius 3 is 2.62 bits per heavy atom. The molecule has 21 heavy (non-hydrogen) atoms. The number of aryl methyl sites for hydroxylation is 1. The quantitative estimate of drug-likeness (QED) is 0.841. The zero-order valence-corrected chi connectivity index (χ0v) is 12.3. The third kappa shape index (κ3) is 4.05. The van der Waals surface area contributed by atoms with Crippen LogP contribution in [-0.2, 0) is 10.0 Å². The Kier molecular flexibility index (Phi) is 4.58. The second kappa shape index (κ2) is 6.39. The van der Waals surface area contributed by atoms with Gasteiger partial charge in [0.2, 0.25) is 0 Å². The predicted molar refractivity (Wildman–Crippen MR) is 82.2 cm³/mol. The molecule has 0 amide bonds. The molecule has 1 heterocycles. The molecule has 0 atom stereocenters. The van der Waals surface area contributed by atoms with Crippen LogP contribution in [0.5, 0.6) is 0 Å². The molecule has 0 spiro atoms. The SMILES string of the molecule is Cc1ccc(NS(=O)(=O)c2cncc(C#CCN)c2)cc1. The van der Waals surface area contributed by atoms with Crippen molar-refractivity contribution in [1.82, 2.24) is 4.98 Å². The molecule has 0 fully saturated rings. The van der Waals surface area contributed by atoms with Crippen LogP contribution in [0.1, 0.15) is 11.1 Å². The Hall–Kier alpha value is -2.36. The van der Waals surface area contributed by atoms with Crippen molar-refractivity contribution in [3.63, 3.8) is 0 Å². The Labute approximate surface area is 124 Å². The summed E-state index contributed by atoms with van der Waals surface area (Å²) < 4.78 is 27.1. The fraction of sp³-hybridized carbons (Fsp3) is 0.133. The van der Waals surface area contributed by atoms with E-state index < -0.39 is 10.0 Å². The molecule has 1 aromatic heterocycles. The molecular weight excluding hydrogens is 286 g/mol. The van der Waals surface area contributed by atoms with E-state index >= 15 is 0 Å². The molecule has 0 saturated carbocycles. The van der Waals surface area contributed by atoms with Crippen LogP contribution in [0.4, 0.5) is 5.69 Å². The third-order valence-corrected chi connectivity index (χ3v) is 4.01. The van der Waals surface area contributed by atoms with Crippen molar-refractivity contribution in [2.45, 2.75) is 11.8 Å². The number of hydrogen-bond donors (Lipinski definition) is 2. The second-order valence-corrected chi connectivity index (χ2v) is 6.07. The molecule has 2 rings (SSSR count). The predicted octanol–water partition coefficient (Wildman–Crippen LogP) is 1.50. The minimum absolute atomic E-state index is 0.0619. The van der Waals surface area contributed by atoms with Crippen molar-refractivity contribution in [2.75, 3.05) is 11.3 Å². The van der Waals surface area contributed by atoms with Gasteiger partial charge in [0.1, 0.15) is 4.90 Å². The Morgan fingerprint density at radius 2 is 1.95 bits per heavy atom. The smallest absolute Gasteiger partial charge is 0.263 e. The van der Waals surface area contributed by atoms with Crippen LogP contribution in [-0.4, -0.2) is 19.9 Å². The van der Waals surface area contributed by atoms with Crippen LogP contribution in [0.25, 0.3) is 0 Å². The van der Waals surface area contributed by atoms with E-state index in [-0.39, 0.29) is 11.4 Å². The van der Waals surface area contributed by atoms with E-state index in [0.717, 1.165) is 5.56 Å². The first-order valence-electron chi connectivity index (χ1n) is 6.25. The molecule has 108 valence electrons. The summed E-state index contributed by atoms with van der Waals surface area (Å²) in [5, 5.41) is 0. The molecular formula is C15H15N3O2S. The molecule has 0 aliphatic heterocycles. The average Bonchev–Trinajstić information content (AvgIpc) is 2.48. The monoisotopic (exact) mass is 301 g/mol. The van der Waals surface area contributed by atoms with E-state index in [2.05, 4.69) is 21.5 Å². The number of rotatable bonds is 3. The summed E-state index contributed by atoms with van der Waals surface area (Å²) in [4.78, 5) is 3.96. The van der Waals surface area contributed by atoms with Gasteiger partial charge in [-0.05, 0) is 25.1 Å². The van der Waals surface area contributed by atoms with Gasteiger partial charge in [-0.25, -0.2) is 8.42 Å². The number of nitrogens with zero attached hydrogens (tertiary/aromatic N) is 1. The Balaban J connectivity index is 2.29. The zero-order valence-electron chi connectivity index (χ0n) is 11.5. The van der Waals surface area contributed by atoms with Crippen LogP contribution < -0.4 is 10.5 Å². The molecule has 0 saturated heterocycles. The van der Waals surface area contributed by atoms with Crippen molar-refractivity contribution in [1.29, 1.82) is 0 Å². The first kappa shape index (κ1) is 15.0. The first-order valence-corrected chi connectivity index (χ1v) is 7.73. The first-order chi connectivity index (χ1) is 10.0. The van der Waals surface area contributed by atoms with Gasteiger partial charge >= 0.3 is 0 Å². The summed E-state index contributed by atoms with van der Waals surface area (Å²) >= 11 is 0. The number of aromatic nitrogens is 1. The lowest BCUT2D eigenvalue weighted by molar-refractivity contribution is 0.601. The largest absolute Gasteiger partial charge is 0.320 e. The Bertz CT molecular complexity index is 788. The lowest BCUT2D eigenvalue weighted by Crippen LogP contribution is -2.13. The van der Waals surface area contributed by atoms with Gasteiger partial charge in [-0.15, -0.1) is 0 Å². The molecule has 6 heteroatoms. The van der Waals surface area contributed by atoms with Gasteiger partial charge < -0.3 is 5.73 Å². The molecule has 5 nitrogen and oxygen atoms in total. The van der Waals surface area contributed by atoms with Crippen molar-refractivity contribution in [3.8, 4) is 11.8 Å². The van der Waals surface area contributed by atoms with E-state index in [1.807, 2.05) is 19.1 Å². The minimum Gasteiger partial charge on any atom is -0.320 e. The van der Waals surface area contributed by atoms with Crippen LogP contribution in [0.3, 0.4) is 0 Å². The minimum atomic E-state index is -3.69. The number of anilines is 1. The maximum atomic E-state index is 12.3. The molecule has 0 bridgehead atoms. The van der Waals surface area contributed by atoms with Crippen LogP contribution in [0.15, 0.2) is 47.6 Å². The summed E-state index contributed by atoms with van der Waals surface area (Å²) in [5.74, 6) is 5.42. The average molecular weight is 301 g/mol. The van der Waals surface area contributed by atoms with Crippen molar-refractivity contribution in [3.05, 3.63) is 53.9 Å². The topological polar surface area (TPSA) is 85.1 Å². The van der Waals surface area contributed by atoms with Crippen LogP contribution in [0.2, 0.25) is 0 Å². The summed E-state index contributed by atoms with van der Waals surface area (Å²) in [6.07, 6.45) is 2.78. The second-order valence-electron chi connectivity index (χ2n) is 4.39. The highest BCUT2D eigenvalue weighted by molar-refractivity contribution is 7.92. The lowest BCUT2D eigenvalue weighted by atomic mass is 10.2. The van der Waals surface area contributed by atoms with E-state index in [1.165, 1.54) is 18.5 Å². The molecule has 0 radical (unpaired) electrons. The lowest BCUT2D eigenvalue weighted by Gasteiger charge is -2.08. The fourth-order valence-corrected chi connectivity index (χ4v) is 2.67. The highest BCUT2D eigenvalue weighted by atomic mass is 32.2. The van der Waals surface area contributed by atoms with Crippen LogP contribution in [0, 0.1) is 18.8 Å². The standard InChI is InChI=1S/C15H15N3O2S/c1-12-4-6-14(7-5-12)18-21(19,20)15-9-13(3-2-8-16)10-17-11-15/h4-7,9-11,18H,8,16H2,1H3. The molecule has 1 aromatic carbocycles. The number of benzene rings is 1. The summed E-state index contributed by atoms with van der Waals surface area (Å²) in [6, 6.07) is 8.54. The summed E-state index contributed by atoms with van der Waals surface area (Å²) in [6.45, 7) is 2.14. The van der Waals surface area contributed by atoms with Gasteiger partial charge in [-0.3, -0.25) is 9.71 Å². The summed E-state index contributed by atoms with van der Waals surface area (Å²) in [5.41, 5.74) is 7.35. The molecule has 0 aliphatic carbocycles. The van der Waals surface area contributed by atoms with E-state index in [0.29, 0.717) is 11.3 Å². The number of nitrogens with one attached hydrogen (secondary N) is 1.